The Morgan fingerprint density at radius 2 is 1.65 bits per heavy atom. The van der Waals surface area contributed by atoms with E-state index in [0.717, 1.165) is 0 Å². The second-order valence-corrected chi connectivity index (χ2v) is 12.1. The molecule has 1 aromatic rings. The molecule has 0 aliphatic heterocycles. The lowest BCUT2D eigenvalue weighted by Gasteiger charge is -2.35. The van der Waals surface area contributed by atoms with Gasteiger partial charge >= 0.3 is 17.9 Å². The van der Waals surface area contributed by atoms with Crippen LogP contribution in [0.2, 0.25) is 24.2 Å². The van der Waals surface area contributed by atoms with Gasteiger partial charge in [0.2, 0.25) is 0 Å². The number of amides is 1. The SMILES string of the molecule is C=CC[Si](CC=C)(CC=C)CCN(C(=O)C(F)(OCF)C(F)(F)F)c1cccc(C)c1. The number of alkyl halides is 5. The molecule has 0 bridgehead atoms. The van der Waals surface area contributed by atoms with Crippen molar-refractivity contribution in [3.8, 4) is 0 Å². The summed E-state index contributed by atoms with van der Waals surface area (Å²) in [6.45, 7) is 10.6. The number of allylic oxidation sites excluding steroid dienone is 3. The van der Waals surface area contributed by atoms with Crippen LogP contribution in [0.3, 0.4) is 0 Å². The van der Waals surface area contributed by atoms with Crippen molar-refractivity contribution in [1.29, 1.82) is 0 Å². The van der Waals surface area contributed by atoms with E-state index in [1.54, 1.807) is 31.2 Å². The number of ether oxygens (including phenoxy) is 1. The van der Waals surface area contributed by atoms with E-state index in [1.165, 1.54) is 18.2 Å². The normalized spacial score (nSPS) is 13.9. The summed E-state index contributed by atoms with van der Waals surface area (Å²) in [4.78, 5) is 13.5. The van der Waals surface area contributed by atoms with Gasteiger partial charge in [0.1, 0.15) is 0 Å². The first kappa shape index (κ1) is 26.8. The fourth-order valence-corrected chi connectivity index (χ4v) is 7.13. The van der Waals surface area contributed by atoms with E-state index in [9.17, 15) is 26.7 Å². The van der Waals surface area contributed by atoms with Crippen LogP contribution >= 0.6 is 0 Å². The second kappa shape index (κ2) is 11.4. The number of rotatable bonds is 13. The first-order chi connectivity index (χ1) is 14.5. The lowest BCUT2D eigenvalue weighted by molar-refractivity contribution is -0.321. The minimum atomic E-state index is -5.75. The maximum absolute atomic E-state index is 14.8. The zero-order valence-electron chi connectivity index (χ0n) is 17.6. The minimum Gasteiger partial charge on any atom is -0.307 e. The predicted molar refractivity (Wildman–Crippen MR) is 116 cm³/mol. The van der Waals surface area contributed by atoms with Crippen molar-refractivity contribution in [3.05, 3.63) is 67.8 Å². The topological polar surface area (TPSA) is 29.5 Å². The Kier molecular flexibility index (Phi) is 9.83. The molecular formula is C22H28F5NO2Si. The smallest absolute Gasteiger partial charge is 0.307 e. The van der Waals surface area contributed by atoms with Crippen molar-refractivity contribution in [1.82, 2.24) is 0 Å². The molecule has 31 heavy (non-hydrogen) atoms. The number of aryl methyl sites for hydroxylation is 1. The van der Waals surface area contributed by atoms with E-state index in [0.29, 0.717) is 34.6 Å². The Hall–Kier alpha value is -2.26. The largest absolute Gasteiger partial charge is 0.458 e. The highest BCUT2D eigenvalue weighted by atomic mass is 28.3. The van der Waals surface area contributed by atoms with Crippen LogP contribution in [0.5, 0.6) is 0 Å². The molecule has 0 heterocycles. The van der Waals surface area contributed by atoms with E-state index in [-0.39, 0.29) is 12.2 Å². The third-order valence-electron chi connectivity index (χ3n) is 5.05. The van der Waals surface area contributed by atoms with Crippen LogP contribution in [0.4, 0.5) is 27.6 Å². The number of carbonyl (C=O) groups is 1. The molecule has 0 radical (unpaired) electrons. The molecule has 172 valence electrons. The van der Waals surface area contributed by atoms with Crippen LogP contribution < -0.4 is 4.90 Å². The average molecular weight is 462 g/mol. The highest BCUT2D eigenvalue weighted by molar-refractivity contribution is 6.81. The molecule has 0 aliphatic carbocycles. The lowest BCUT2D eigenvalue weighted by atomic mass is 10.1. The van der Waals surface area contributed by atoms with Crippen LogP contribution in [0.25, 0.3) is 0 Å². The molecule has 0 spiro atoms. The number of benzene rings is 1. The first-order valence-corrected chi connectivity index (χ1v) is 12.5. The van der Waals surface area contributed by atoms with Gasteiger partial charge in [0.25, 0.3) is 0 Å². The van der Waals surface area contributed by atoms with Gasteiger partial charge in [-0.15, -0.1) is 19.7 Å². The van der Waals surface area contributed by atoms with Gasteiger partial charge in [-0.25, -0.2) is 4.39 Å². The summed E-state index contributed by atoms with van der Waals surface area (Å²) >= 11 is 0. The van der Waals surface area contributed by atoms with E-state index in [2.05, 4.69) is 24.5 Å². The molecule has 0 aromatic heterocycles. The number of nitrogens with zero attached hydrogens (tertiary/aromatic N) is 1. The Balaban J connectivity index is 3.44. The molecule has 0 aliphatic rings. The van der Waals surface area contributed by atoms with Crippen molar-refractivity contribution < 1.29 is 31.5 Å². The Bertz CT molecular complexity index is 757. The van der Waals surface area contributed by atoms with Crippen molar-refractivity contribution >= 4 is 19.7 Å². The van der Waals surface area contributed by atoms with Gasteiger partial charge in [0.05, 0.1) is 8.07 Å². The lowest BCUT2D eigenvalue weighted by Crippen LogP contribution is -2.57. The van der Waals surface area contributed by atoms with Crippen LogP contribution in [0.1, 0.15) is 5.56 Å². The van der Waals surface area contributed by atoms with E-state index >= 15 is 0 Å². The van der Waals surface area contributed by atoms with Gasteiger partial charge in [-0.05, 0) is 48.8 Å². The number of hydrogen-bond acceptors (Lipinski definition) is 2. The van der Waals surface area contributed by atoms with E-state index in [4.69, 9.17) is 0 Å². The van der Waals surface area contributed by atoms with Crippen molar-refractivity contribution in [2.24, 2.45) is 0 Å². The Labute approximate surface area is 180 Å². The summed E-state index contributed by atoms with van der Waals surface area (Å²) in [6.07, 6.45) is -0.589. The molecule has 9 heteroatoms. The standard InChI is InChI=1S/C22H28F5NO2Si/c1-5-12-31(13-6-2,14-7-3)15-11-28(19-10-8-9-18(4)16-19)20(29)21(24,30-17-23)22(25,26)27/h5-10,16H,1-3,11-15,17H2,4H3. The fraction of sp³-hybridized carbons (Fsp3) is 0.409. The number of anilines is 1. The average Bonchev–Trinajstić information content (AvgIpc) is 2.68. The van der Waals surface area contributed by atoms with Crippen molar-refractivity contribution in [2.45, 2.75) is 43.1 Å². The number of hydrogen-bond donors (Lipinski definition) is 0. The minimum absolute atomic E-state index is 0.0671. The molecular weight excluding hydrogens is 433 g/mol. The van der Waals surface area contributed by atoms with Crippen LogP contribution in [-0.2, 0) is 9.53 Å². The number of halogens is 5. The zero-order chi connectivity index (χ0) is 23.7. The quantitative estimate of drug-likeness (QED) is 0.190. The molecule has 1 aromatic carbocycles. The van der Waals surface area contributed by atoms with Crippen LogP contribution in [-0.4, -0.2) is 39.4 Å². The molecule has 3 nitrogen and oxygen atoms in total. The van der Waals surface area contributed by atoms with Gasteiger partial charge in [-0.2, -0.15) is 17.6 Å². The molecule has 0 fully saturated rings. The Morgan fingerprint density at radius 3 is 2.06 bits per heavy atom. The molecule has 1 unspecified atom stereocenters. The third kappa shape index (κ3) is 6.61. The molecule has 1 amide bonds. The molecule has 0 saturated carbocycles. The Morgan fingerprint density at radius 1 is 1.10 bits per heavy atom. The van der Waals surface area contributed by atoms with Crippen LogP contribution in [0, 0.1) is 6.92 Å². The number of carbonyl (C=O) groups excluding carboxylic acids is 1. The second-order valence-electron chi connectivity index (χ2n) is 7.37. The van der Waals surface area contributed by atoms with Crippen LogP contribution in [0.15, 0.2) is 62.2 Å². The molecule has 0 saturated heterocycles. The van der Waals surface area contributed by atoms with Gasteiger partial charge in [0, 0.05) is 12.2 Å². The highest BCUT2D eigenvalue weighted by Gasteiger charge is 2.65. The van der Waals surface area contributed by atoms with E-state index < -0.39 is 32.9 Å². The zero-order valence-corrected chi connectivity index (χ0v) is 18.6. The molecule has 0 N–H and O–H groups in total. The maximum atomic E-state index is 14.8. The van der Waals surface area contributed by atoms with Crippen molar-refractivity contribution in [2.75, 3.05) is 18.3 Å². The predicted octanol–water partition coefficient (Wildman–Crippen LogP) is 6.51. The summed E-state index contributed by atoms with van der Waals surface area (Å²) in [5, 5.41) is 0. The maximum Gasteiger partial charge on any atom is 0.458 e. The van der Waals surface area contributed by atoms with Gasteiger partial charge < -0.3 is 4.90 Å². The van der Waals surface area contributed by atoms with Crippen molar-refractivity contribution in [3.63, 3.8) is 0 Å². The summed E-state index contributed by atoms with van der Waals surface area (Å²) in [7, 11) is -2.24. The third-order valence-corrected chi connectivity index (χ3v) is 9.80. The molecule has 1 atom stereocenters. The highest BCUT2D eigenvalue weighted by Crippen LogP contribution is 2.39. The van der Waals surface area contributed by atoms with E-state index in [1.807, 2.05) is 0 Å². The fourth-order valence-electron chi connectivity index (χ4n) is 3.48. The van der Waals surface area contributed by atoms with Gasteiger partial charge in [-0.1, -0.05) is 30.4 Å². The summed E-state index contributed by atoms with van der Waals surface area (Å²) in [5.41, 5.74) is 0.724. The van der Waals surface area contributed by atoms with Gasteiger partial charge in [0.15, 0.2) is 6.86 Å². The monoisotopic (exact) mass is 461 g/mol. The van der Waals surface area contributed by atoms with Gasteiger partial charge in [-0.3, -0.25) is 9.53 Å². The molecule has 1 rings (SSSR count). The first-order valence-electron chi connectivity index (χ1n) is 9.67. The summed E-state index contributed by atoms with van der Waals surface area (Å²) in [5.74, 6) is -6.81. The summed E-state index contributed by atoms with van der Waals surface area (Å²) < 4.78 is 71.2. The summed E-state index contributed by atoms with van der Waals surface area (Å²) in [6, 6.07) is 8.25.